The summed E-state index contributed by atoms with van der Waals surface area (Å²) in [5.74, 6) is -2.36. The van der Waals surface area contributed by atoms with E-state index in [1.54, 1.807) is 38.1 Å². The summed E-state index contributed by atoms with van der Waals surface area (Å²) < 4.78 is 5.85. The maximum atomic E-state index is 13.1. The topological polar surface area (TPSA) is 215 Å². The molecular formula is C28H29BrN12O5. The van der Waals surface area contributed by atoms with Crippen LogP contribution < -0.4 is 26.6 Å². The number of carbonyl (C=O) groups excluding carboxylic acids is 5. The van der Waals surface area contributed by atoms with Crippen molar-refractivity contribution < 1.29 is 24.0 Å². The molecule has 18 heteroatoms. The van der Waals surface area contributed by atoms with Crippen molar-refractivity contribution >= 4 is 68.5 Å². The summed E-state index contributed by atoms with van der Waals surface area (Å²) in [6.07, 6.45) is 4.74. The van der Waals surface area contributed by atoms with Gasteiger partial charge in [0.2, 0.25) is 5.82 Å². The second-order valence-electron chi connectivity index (χ2n) is 9.93. The maximum Gasteiger partial charge on any atom is 0.291 e. The SMILES string of the molecule is C=C(Br)C(=O)Nc1cc(C(=O)Nc2cn(C)c(C(=O)Nc3cc(C(=O)Nc4cc(C(=O)NCCC#N)n(C)c4)n(C)c3)n2)n(C)n1. The summed E-state index contributed by atoms with van der Waals surface area (Å²) in [5.41, 5.74) is 1.33. The molecule has 0 saturated heterocycles. The van der Waals surface area contributed by atoms with Crippen LogP contribution in [-0.2, 0) is 33.0 Å². The van der Waals surface area contributed by atoms with Crippen LogP contribution in [0.1, 0.15) is 48.5 Å². The molecule has 4 heterocycles. The van der Waals surface area contributed by atoms with Gasteiger partial charge in [-0.2, -0.15) is 10.4 Å². The van der Waals surface area contributed by atoms with Gasteiger partial charge in [0.15, 0.2) is 11.6 Å². The Labute approximate surface area is 270 Å². The molecule has 46 heavy (non-hydrogen) atoms. The third-order valence-electron chi connectivity index (χ3n) is 6.43. The molecule has 4 aromatic heterocycles. The molecule has 0 spiro atoms. The molecule has 0 bridgehead atoms. The van der Waals surface area contributed by atoms with E-state index in [1.807, 2.05) is 6.07 Å². The number of aromatic nitrogens is 6. The standard InChI is InChI=1S/C28H29BrN12O5/c1-15(29)24(42)35-21-11-20(41(5)37-21)27(45)36-22-14-40(4)23(34-22)28(46)33-17-10-19(39(3)13-17)26(44)32-16-9-18(38(2)12-16)25(43)31-8-6-7-30/h9-14H,1,6,8H2,2-5H3,(H,31,43)(H,32,44)(H,33,46)(H,36,45)(H,35,37,42). The highest BCUT2D eigenvalue weighted by atomic mass is 79.9. The fourth-order valence-electron chi connectivity index (χ4n) is 4.26. The van der Waals surface area contributed by atoms with Gasteiger partial charge in [-0.15, -0.1) is 0 Å². The van der Waals surface area contributed by atoms with Crippen molar-refractivity contribution in [3.8, 4) is 6.07 Å². The van der Waals surface area contributed by atoms with Crippen LogP contribution in [0.5, 0.6) is 0 Å². The third-order valence-corrected chi connectivity index (χ3v) is 6.79. The van der Waals surface area contributed by atoms with Gasteiger partial charge >= 0.3 is 0 Å². The Balaban J connectivity index is 1.39. The molecule has 5 N–H and O–H groups in total. The molecule has 0 fully saturated rings. The van der Waals surface area contributed by atoms with Gasteiger partial charge in [0.05, 0.1) is 28.3 Å². The summed E-state index contributed by atoms with van der Waals surface area (Å²) in [6.45, 7) is 3.68. The molecule has 0 saturated carbocycles. The average Bonchev–Trinajstić information content (AvgIpc) is 3.74. The zero-order valence-electron chi connectivity index (χ0n) is 25.1. The highest BCUT2D eigenvalue weighted by Crippen LogP contribution is 2.19. The van der Waals surface area contributed by atoms with Gasteiger partial charge in [0.1, 0.15) is 17.1 Å². The van der Waals surface area contributed by atoms with Crippen LogP contribution in [0.3, 0.4) is 0 Å². The van der Waals surface area contributed by atoms with Crippen molar-refractivity contribution in [2.45, 2.75) is 6.42 Å². The first-order valence-corrected chi connectivity index (χ1v) is 14.2. The van der Waals surface area contributed by atoms with Gasteiger partial charge in [0, 0.05) is 59.4 Å². The smallest absolute Gasteiger partial charge is 0.291 e. The van der Waals surface area contributed by atoms with Crippen LogP contribution in [-0.4, -0.2) is 64.5 Å². The lowest BCUT2D eigenvalue weighted by Gasteiger charge is -2.03. The molecule has 0 aliphatic carbocycles. The lowest BCUT2D eigenvalue weighted by atomic mass is 10.3. The normalized spacial score (nSPS) is 10.5. The van der Waals surface area contributed by atoms with E-state index < -0.39 is 23.6 Å². The quantitative estimate of drug-likeness (QED) is 0.116. The summed E-state index contributed by atoms with van der Waals surface area (Å²) >= 11 is 2.97. The maximum absolute atomic E-state index is 13.1. The van der Waals surface area contributed by atoms with E-state index in [9.17, 15) is 24.0 Å². The van der Waals surface area contributed by atoms with Crippen molar-refractivity contribution in [1.29, 1.82) is 5.26 Å². The molecular weight excluding hydrogens is 664 g/mol. The average molecular weight is 694 g/mol. The minimum atomic E-state index is -0.601. The Morgan fingerprint density at radius 1 is 0.783 bits per heavy atom. The number of nitrogens with one attached hydrogen (secondary N) is 5. The molecule has 0 aliphatic rings. The minimum Gasteiger partial charge on any atom is -0.350 e. The fourth-order valence-corrected chi connectivity index (χ4v) is 4.36. The predicted octanol–water partition coefficient (Wildman–Crippen LogP) is 2.08. The van der Waals surface area contributed by atoms with E-state index in [0.29, 0.717) is 17.1 Å². The van der Waals surface area contributed by atoms with Crippen LogP contribution in [0, 0.1) is 11.3 Å². The highest BCUT2D eigenvalue weighted by Gasteiger charge is 2.21. The fraction of sp³-hybridized carbons (Fsp3) is 0.214. The predicted molar refractivity (Wildman–Crippen MR) is 170 cm³/mol. The molecule has 17 nitrogen and oxygen atoms in total. The number of nitriles is 1. The summed E-state index contributed by atoms with van der Waals surface area (Å²) in [7, 11) is 6.38. The zero-order valence-corrected chi connectivity index (χ0v) is 26.7. The van der Waals surface area contributed by atoms with Crippen LogP contribution in [0.25, 0.3) is 0 Å². The van der Waals surface area contributed by atoms with Gasteiger partial charge in [-0.05, 0) is 28.1 Å². The third kappa shape index (κ3) is 7.57. The van der Waals surface area contributed by atoms with Gasteiger partial charge in [-0.25, -0.2) is 4.98 Å². The minimum absolute atomic E-state index is 0.0243. The molecule has 0 unspecified atom stereocenters. The Hall–Kier alpha value is -5.96. The van der Waals surface area contributed by atoms with Crippen LogP contribution in [0.4, 0.5) is 23.0 Å². The second-order valence-corrected chi connectivity index (χ2v) is 10.9. The summed E-state index contributed by atoms with van der Waals surface area (Å²) in [5, 5.41) is 25.9. The van der Waals surface area contributed by atoms with Crippen LogP contribution >= 0.6 is 15.9 Å². The van der Waals surface area contributed by atoms with Crippen molar-refractivity contribution in [3.05, 3.63) is 70.8 Å². The lowest BCUT2D eigenvalue weighted by molar-refractivity contribution is -0.112. The van der Waals surface area contributed by atoms with Crippen molar-refractivity contribution in [2.24, 2.45) is 28.2 Å². The van der Waals surface area contributed by atoms with E-state index >= 15 is 0 Å². The first-order valence-electron chi connectivity index (χ1n) is 13.4. The second kappa shape index (κ2) is 13.8. The Morgan fingerprint density at radius 2 is 1.37 bits per heavy atom. The Bertz CT molecular complexity index is 1920. The number of amides is 5. The Kier molecular flexibility index (Phi) is 9.87. The summed E-state index contributed by atoms with van der Waals surface area (Å²) in [6, 6.07) is 6.30. The zero-order chi connectivity index (χ0) is 33.7. The number of nitrogens with zero attached hydrogens (tertiary/aromatic N) is 7. The number of hydrogen-bond acceptors (Lipinski definition) is 8. The number of anilines is 4. The molecule has 5 amide bonds. The van der Waals surface area contributed by atoms with Gasteiger partial charge in [-0.3, -0.25) is 28.7 Å². The largest absolute Gasteiger partial charge is 0.350 e. The molecule has 4 rings (SSSR count). The van der Waals surface area contributed by atoms with E-state index in [4.69, 9.17) is 5.26 Å². The molecule has 238 valence electrons. The number of rotatable bonds is 11. The van der Waals surface area contributed by atoms with Crippen molar-refractivity contribution in [1.82, 2.24) is 33.8 Å². The van der Waals surface area contributed by atoms with E-state index in [1.165, 1.54) is 45.3 Å². The van der Waals surface area contributed by atoms with E-state index in [-0.39, 0.29) is 52.2 Å². The lowest BCUT2D eigenvalue weighted by Crippen LogP contribution is -2.25. The van der Waals surface area contributed by atoms with Crippen molar-refractivity contribution in [2.75, 3.05) is 27.8 Å². The molecule has 4 aromatic rings. The van der Waals surface area contributed by atoms with Crippen LogP contribution in [0.15, 0.2) is 47.9 Å². The molecule has 0 radical (unpaired) electrons. The van der Waals surface area contributed by atoms with E-state index in [2.05, 4.69) is 59.2 Å². The van der Waals surface area contributed by atoms with Crippen molar-refractivity contribution in [3.63, 3.8) is 0 Å². The first-order chi connectivity index (χ1) is 21.8. The number of halogens is 1. The van der Waals surface area contributed by atoms with Gasteiger partial charge in [0.25, 0.3) is 29.5 Å². The summed E-state index contributed by atoms with van der Waals surface area (Å²) in [4.78, 5) is 67.3. The number of carbonyl (C=O) groups is 5. The van der Waals surface area contributed by atoms with Gasteiger partial charge < -0.3 is 40.3 Å². The molecule has 0 aromatic carbocycles. The number of hydrogen-bond donors (Lipinski definition) is 5. The Morgan fingerprint density at radius 3 is 1.98 bits per heavy atom. The highest BCUT2D eigenvalue weighted by molar-refractivity contribution is 9.12. The molecule has 0 atom stereocenters. The first kappa shape index (κ1) is 32.9. The van der Waals surface area contributed by atoms with E-state index in [0.717, 1.165) is 0 Å². The van der Waals surface area contributed by atoms with Crippen LogP contribution in [0.2, 0.25) is 0 Å². The van der Waals surface area contributed by atoms with Gasteiger partial charge in [-0.1, -0.05) is 6.58 Å². The number of imidazole rings is 1. The number of aryl methyl sites for hydroxylation is 4. The monoisotopic (exact) mass is 692 g/mol. The molecule has 0 aliphatic heterocycles.